The maximum absolute atomic E-state index is 5.39. The molecule has 48 heavy (non-hydrogen) atoms. The maximum Gasteiger partial charge on any atom is 0.229 e. The lowest BCUT2D eigenvalue weighted by Crippen LogP contribution is -2.25. The smallest absolute Gasteiger partial charge is 0.229 e. The zero-order chi connectivity index (χ0) is 33.3. The van der Waals surface area contributed by atoms with Crippen molar-refractivity contribution in [2.75, 3.05) is 31.5 Å². The van der Waals surface area contributed by atoms with Crippen LogP contribution in [0.15, 0.2) is 109 Å². The van der Waals surface area contributed by atoms with Gasteiger partial charge in [-0.3, -0.25) is 0 Å². The van der Waals surface area contributed by atoms with Gasteiger partial charge >= 0.3 is 0 Å². The zero-order valence-electron chi connectivity index (χ0n) is 27.4. The highest BCUT2D eigenvalue weighted by Crippen LogP contribution is 2.30. The highest BCUT2D eigenvalue weighted by atomic mass is 16.5. The van der Waals surface area contributed by atoms with Crippen LogP contribution < -0.4 is 24.4 Å². The summed E-state index contributed by atoms with van der Waals surface area (Å²) < 4.78 is 16.0. The number of nitrogens with one attached hydrogen (secondary N) is 1. The predicted molar refractivity (Wildman–Crippen MR) is 187 cm³/mol. The van der Waals surface area contributed by atoms with E-state index >= 15 is 0 Å². The molecule has 0 saturated heterocycles. The van der Waals surface area contributed by atoms with E-state index in [2.05, 4.69) is 57.7 Å². The monoisotopic (exact) mass is 639 g/mol. The quantitative estimate of drug-likeness (QED) is 0.139. The fraction of sp³-hybridized carbons (Fsp3) is 0.184. The van der Waals surface area contributed by atoms with Gasteiger partial charge in [-0.2, -0.15) is 9.97 Å². The topological polar surface area (TPSA) is 107 Å². The molecule has 10 nitrogen and oxygen atoms in total. The van der Waals surface area contributed by atoms with E-state index in [0.717, 1.165) is 39.4 Å². The Morgan fingerprint density at radius 2 is 1.29 bits per heavy atom. The van der Waals surface area contributed by atoms with Crippen LogP contribution in [0.4, 0.5) is 17.5 Å². The third-order valence-electron chi connectivity index (χ3n) is 7.73. The van der Waals surface area contributed by atoms with Crippen LogP contribution in [0, 0.1) is 6.92 Å². The first-order chi connectivity index (χ1) is 23.5. The number of rotatable bonds is 13. The molecule has 3 aromatic heterocycles. The van der Waals surface area contributed by atoms with Crippen LogP contribution >= 0.6 is 0 Å². The van der Waals surface area contributed by atoms with Crippen molar-refractivity contribution in [3.63, 3.8) is 0 Å². The Labute approximate surface area is 280 Å². The summed E-state index contributed by atoms with van der Waals surface area (Å²) in [5.74, 6) is 4.39. The number of hydrogen-bond acceptors (Lipinski definition) is 10. The van der Waals surface area contributed by atoms with Crippen LogP contribution in [0.5, 0.6) is 17.4 Å². The first kappa shape index (κ1) is 31.9. The lowest BCUT2D eigenvalue weighted by atomic mass is 10.0. The Kier molecular flexibility index (Phi) is 10.0. The molecule has 0 aliphatic carbocycles. The number of anilines is 3. The molecule has 10 heteroatoms. The average Bonchev–Trinajstić information content (AvgIpc) is 3.13. The average molecular weight is 640 g/mol. The van der Waals surface area contributed by atoms with Crippen LogP contribution in [-0.4, -0.2) is 46.2 Å². The molecule has 1 N–H and O–H groups in total. The van der Waals surface area contributed by atoms with Gasteiger partial charge in [0, 0.05) is 25.4 Å². The van der Waals surface area contributed by atoms with E-state index in [-0.39, 0.29) is 0 Å². The maximum atomic E-state index is 5.39. The molecule has 3 aromatic carbocycles. The molecule has 0 spiro atoms. The van der Waals surface area contributed by atoms with Crippen molar-refractivity contribution in [1.29, 1.82) is 0 Å². The number of nitrogens with zero attached hydrogens (tertiary/aromatic N) is 6. The number of aryl methyl sites for hydroxylation is 1. The third kappa shape index (κ3) is 8.03. The second-order valence-electron chi connectivity index (χ2n) is 11.2. The van der Waals surface area contributed by atoms with Crippen molar-refractivity contribution in [2.24, 2.45) is 0 Å². The summed E-state index contributed by atoms with van der Waals surface area (Å²) in [4.78, 5) is 26.1. The van der Waals surface area contributed by atoms with E-state index in [1.54, 1.807) is 33.6 Å². The molecular weight excluding hydrogens is 602 g/mol. The van der Waals surface area contributed by atoms with E-state index in [1.165, 1.54) is 5.56 Å². The molecular formula is C38H37N7O3. The second-order valence-corrected chi connectivity index (χ2v) is 11.2. The Morgan fingerprint density at radius 1 is 0.625 bits per heavy atom. The van der Waals surface area contributed by atoms with Gasteiger partial charge < -0.3 is 24.4 Å². The summed E-state index contributed by atoms with van der Waals surface area (Å²) in [7, 11) is 4.92. The standard InChI is InChI=1S/C38H37N7O3/c1-26-41-37(34-21-30(20-27-8-6-5-7-9-27)22-40-36(34)43-31-14-19-35(48-4)39-23-31)44-38(42-26)45(24-28-10-15-32(46-2)16-11-28)25-29-12-17-33(47-3)18-13-29/h5-19,21-23H,20,24-25H2,1-4H3,(H,40,43). The van der Waals surface area contributed by atoms with Gasteiger partial charge in [0.25, 0.3) is 0 Å². The summed E-state index contributed by atoms with van der Waals surface area (Å²) in [6.07, 6.45) is 4.30. The molecule has 0 unspecified atom stereocenters. The molecule has 0 fully saturated rings. The SMILES string of the molecule is COc1ccc(CN(Cc2ccc(OC)cc2)c2nc(C)nc(-c3cc(Cc4ccccc4)cnc3Nc3ccc(OC)nc3)n2)cc1. The molecule has 0 saturated carbocycles. The third-order valence-corrected chi connectivity index (χ3v) is 7.73. The van der Waals surface area contributed by atoms with Gasteiger partial charge in [-0.05, 0) is 72.0 Å². The molecule has 0 aliphatic heterocycles. The normalized spacial score (nSPS) is 10.8. The Balaban J connectivity index is 1.41. The van der Waals surface area contributed by atoms with Gasteiger partial charge in [-0.15, -0.1) is 0 Å². The van der Waals surface area contributed by atoms with Crippen molar-refractivity contribution < 1.29 is 14.2 Å². The van der Waals surface area contributed by atoms with Gasteiger partial charge in [-0.1, -0.05) is 54.6 Å². The molecule has 0 radical (unpaired) electrons. The summed E-state index contributed by atoms with van der Waals surface area (Å²) >= 11 is 0. The van der Waals surface area contributed by atoms with Gasteiger partial charge in [0.2, 0.25) is 11.8 Å². The number of pyridine rings is 2. The minimum atomic E-state index is 0.512. The van der Waals surface area contributed by atoms with Gasteiger partial charge in [0.05, 0.1) is 38.8 Å². The molecule has 0 bridgehead atoms. The van der Waals surface area contributed by atoms with Crippen LogP contribution in [0.2, 0.25) is 0 Å². The number of methoxy groups -OCH3 is 3. The van der Waals surface area contributed by atoms with Gasteiger partial charge in [0.1, 0.15) is 23.1 Å². The van der Waals surface area contributed by atoms with Crippen LogP contribution in [0.1, 0.15) is 28.1 Å². The van der Waals surface area contributed by atoms with E-state index in [1.807, 2.05) is 61.7 Å². The molecule has 0 atom stereocenters. The van der Waals surface area contributed by atoms with Crippen molar-refractivity contribution in [3.05, 3.63) is 138 Å². The van der Waals surface area contributed by atoms with E-state index in [4.69, 9.17) is 34.1 Å². The highest BCUT2D eigenvalue weighted by molar-refractivity contribution is 5.75. The van der Waals surface area contributed by atoms with Gasteiger partial charge in [0.15, 0.2) is 5.82 Å². The summed E-state index contributed by atoms with van der Waals surface area (Å²) in [6, 6.07) is 32.1. The fourth-order valence-electron chi connectivity index (χ4n) is 5.25. The number of hydrogen-bond donors (Lipinski definition) is 1. The fourth-order valence-corrected chi connectivity index (χ4v) is 5.25. The van der Waals surface area contributed by atoms with Crippen molar-refractivity contribution in [1.82, 2.24) is 24.9 Å². The van der Waals surface area contributed by atoms with E-state index in [9.17, 15) is 0 Å². The van der Waals surface area contributed by atoms with E-state index in [0.29, 0.717) is 48.8 Å². The lowest BCUT2D eigenvalue weighted by molar-refractivity contribution is 0.398. The minimum Gasteiger partial charge on any atom is -0.497 e. The molecule has 3 heterocycles. The zero-order valence-corrected chi connectivity index (χ0v) is 27.4. The number of benzene rings is 3. The first-order valence-corrected chi connectivity index (χ1v) is 15.5. The Hall–Kier alpha value is -6.03. The Morgan fingerprint density at radius 3 is 1.88 bits per heavy atom. The van der Waals surface area contributed by atoms with Gasteiger partial charge in [-0.25, -0.2) is 15.0 Å². The van der Waals surface area contributed by atoms with Crippen molar-refractivity contribution >= 4 is 17.5 Å². The molecule has 0 aliphatic rings. The summed E-state index contributed by atoms with van der Waals surface area (Å²) in [5.41, 5.74) is 5.90. The molecule has 6 aromatic rings. The summed E-state index contributed by atoms with van der Waals surface area (Å²) in [5, 5.41) is 3.42. The van der Waals surface area contributed by atoms with Crippen LogP contribution in [0.3, 0.4) is 0 Å². The van der Waals surface area contributed by atoms with Crippen molar-refractivity contribution in [2.45, 2.75) is 26.4 Å². The Bertz CT molecular complexity index is 1890. The molecule has 242 valence electrons. The number of aromatic nitrogens is 5. The predicted octanol–water partition coefficient (Wildman–Crippen LogP) is 7.20. The van der Waals surface area contributed by atoms with Crippen LogP contribution in [-0.2, 0) is 19.5 Å². The molecule has 6 rings (SSSR count). The van der Waals surface area contributed by atoms with Crippen LogP contribution in [0.25, 0.3) is 11.4 Å². The van der Waals surface area contributed by atoms with Crippen molar-refractivity contribution in [3.8, 4) is 28.8 Å². The highest BCUT2D eigenvalue weighted by Gasteiger charge is 2.19. The van der Waals surface area contributed by atoms with E-state index < -0.39 is 0 Å². The lowest BCUT2D eigenvalue weighted by Gasteiger charge is -2.24. The minimum absolute atomic E-state index is 0.512. The largest absolute Gasteiger partial charge is 0.497 e. The second kappa shape index (κ2) is 15.0. The summed E-state index contributed by atoms with van der Waals surface area (Å²) in [6.45, 7) is 3.01. The number of ether oxygens (including phenoxy) is 3. The molecule has 0 amide bonds. The first-order valence-electron chi connectivity index (χ1n) is 15.5.